The molecule has 1 amide bonds. The summed E-state index contributed by atoms with van der Waals surface area (Å²) in [6, 6.07) is 0. The van der Waals surface area contributed by atoms with E-state index in [0.717, 1.165) is 11.3 Å². The number of esters is 2. The van der Waals surface area contributed by atoms with Crippen molar-refractivity contribution in [2.75, 3.05) is 18.5 Å². The van der Waals surface area contributed by atoms with Crippen molar-refractivity contribution in [3.8, 4) is 0 Å². The average Bonchev–Trinajstić information content (AvgIpc) is 2.82. The zero-order valence-electron chi connectivity index (χ0n) is 11.6. The van der Waals surface area contributed by atoms with Crippen molar-refractivity contribution in [3.05, 3.63) is 16.5 Å². The standard InChI is InChI=1S/C13H17NO5S/c1-4-9(15)14-11-10(13(17)19-6-3)8(7-20-11)12(16)18-5-2/h7H,4-6H2,1-3H3,(H,14,15). The lowest BCUT2D eigenvalue weighted by molar-refractivity contribution is -0.115. The number of ether oxygens (including phenoxy) is 2. The van der Waals surface area contributed by atoms with Gasteiger partial charge in [0.05, 0.1) is 18.8 Å². The van der Waals surface area contributed by atoms with E-state index in [1.54, 1.807) is 20.8 Å². The topological polar surface area (TPSA) is 81.7 Å². The highest BCUT2D eigenvalue weighted by atomic mass is 32.1. The summed E-state index contributed by atoms with van der Waals surface area (Å²) in [6.45, 7) is 5.41. The van der Waals surface area contributed by atoms with Gasteiger partial charge >= 0.3 is 11.9 Å². The molecule has 1 aromatic rings. The minimum absolute atomic E-state index is 0.0529. The van der Waals surface area contributed by atoms with Crippen molar-refractivity contribution in [2.45, 2.75) is 27.2 Å². The first kappa shape index (κ1) is 16.2. The van der Waals surface area contributed by atoms with Crippen LogP contribution in [0.3, 0.4) is 0 Å². The summed E-state index contributed by atoms with van der Waals surface area (Å²) in [5.74, 6) is -1.50. The molecule has 0 atom stereocenters. The van der Waals surface area contributed by atoms with Gasteiger partial charge in [0.25, 0.3) is 0 Å². The molecular weight excluding hydrogens is 282 g/mol. The number of rotatable bonds is 6. The summed E-state index contributed by atoms with van der Waals surface area (Å²) in [5.41, 5.74) is 0.166. The first-order valence-electron chi connectivity index (χ1n) is 6.30. The van der Waals surface area contributed by atoms with Crippen LogP contribution in [0, 0.1) is 0 Å². The van der Waals surface area contributed by atoms with Gasteiger partial charge in [-0.3, -0.25) is 4.79 Å². The van der Waals surface area contributed by atoms with Gasteiger partial charge in [-0.1, -0.05) is 6.92 Å². The van der Waals surface area contributed by atoms with E-state index >= 15 is 0 Å². The molecule has 0 saturated heterocycles. The van der Waals surface area contributed by atoms with Gasteiger partial charge in [0, 0.05) is 11.8 Å². The third-order valence-corrected chi connectivity index (χ3v) is 3.24. The molecule has 0 unspecified atom stereocenters. The highest BCUT2D eigenvalue weighted by Crippen LogP contribution is 2.30. The van der Waals surface area contributed by atoms with Crippen LogP contribution >= 0.6 is 11.3 Å². The molecule has 20 heavy (non-hydrogen) atoms. The monoisotopic (exact) mass is 299 g/mol. The average molecular weight is 299 g/mol. The fourth-order valence-corrected chi connectivity index (χ4v) is 2.36. The second-order valence-corrected chi connectivity index (χ2v) is 4.58. The number of thiophene rings is 1. The molecule has 1 aromatic heterocycles. The zero-order chi connectivity index (χ0) is 15.1. The normalized spacial score (nSPS) is 9.95. The lowest BCUT2D eigenvalue weighted by atomic mass is 10.2. The first-order chi connectivity index (χ1) is 9.54. The molecule has 1 rings (SSSR count). The Hall–Kier alpha value is -1.89. The number of amides is 1. The van der Waals surface area contributed by atoms with Crippen LogP contribution in [0.15, 0.2) is 5.38 Å². The van der Waals surface area contributed by atoms with Gasteiger partial charge in [-0.15, -0.1) is 11.3 Å². The van der Waals surface area contributed by atoms with Crippen LogP contribution in [-0.4, -0.2) is 31.1 Å². The summed E-state index contributed by atoms with van der Waals surface area (Å²) in [5, 5.41) is 4.37. The molecule has 0 bridgehead atoms. The van der Waals surface area contributed by atoms with Crippen molar-refractivity contribution >= 4 is 34.2 Å². The molecule has 0 aliphatic heterocycles. The predicted octanol–water partition coefficient (Wildman–Crippen LogP) is 2.45. The maximum atomic E-state index is 12.0. The van der Waals surface area contributed by atoms with E-state index in [4.69, 9.17) is 9.47 Å². The highest BCUT2D eigenvalue weighted by Gasteiger charge is 2.26. The summed E-state index contributed by atoms with van der Waals surface area (Å²) < 4.78 is 9.81. The Morgan fingerprint density at radius 2 is 1.70 bits per heavy atom. The molecule has 0 aliphatic rings. The van der Waals surface area contributed by atoms with E-state index in [0.29, 0.717) is 5.00 Å². The second kappa shape index (κ2) is 7.64. The number of hydrogen-bond acceptors (Lipinski definition) is 6. The number of carbonyl (C=O) groups excluding carboxylic acids is 3. The fraction of sp³-hybridized carbons (Fsp3) is 0.462. The molecule has 110 valence electrons. The highest BCUT2D eigenvalue weighted by molar-refractivity contribution is 7.15. The van der Waals surface area contributed by atoms with Crippen molar-refractivity contribution in [1.82, 2.24) is 0 Å². The molecule has 0 fully saturated rings. The SMILES string of the molecule is CCOC(=O)c1csc(NC(=O)CC)c1C(=O)OCC. The Morgan fingerprint density at radius 3 is 2.25 bits per heavy atom. The van der Waals surface area contributed by atoms with E-state index in [1.807, 2.05) is 0 Å². The number of carbonyl (C=O) groups is 3. The minimum atomic E-state index is -0.650. The van der Waals surface area contributed by atoms with Crippen molar-refractivity contribution < 1.29 is 23.9 Å². The van der Waals surface area contributed by atoms with E-state index in [2.05, 4.69) is 5.32 Å². The minimum Gasteiger partial charge on any atom is -0.462 e. The van der Waals surface area contributed by atoms with Crippen LogP contribution in [0.5, 0.6) is 0 Å². The smallest absolute Gasteiger partial charge is 0.342 e. The number of hydrogen-bond donors (Lipinski definition) is 1. The van der Waals surface area contributed by atoms with Gasteiger partial charge in [0.2, 0.25) is 5.91 Å². The molecular formula is C13H17NO5S. The Kier molecular flexibility index (Phi) is 6.17. The lowest BCUT2D eigenvalue weighted by Crippen LogP contribution is -2.16. The van der Waals surface area contributed by atoms with E-state index in [9.17, 15) is 14.4 Å². The van der Waals surface area contributed by atoms with Gasteiger partial charge in [-0.2, -0.15) is 0 Å². The van der Waals surface area contributed by atoms with Crippen LogP contribution in [-0.2, 0) is 14.3 Å². The van der Waals surface area contributed by atoms with Gasteiger partial charge in [0.1, 0.15) is 10.6 Å². The summed E-state index contributed by atoms with van der Waals surface area (Å²) >= 11 is 1.09. The van der Waals surface area contributed by atoms with Gasteiger partial charge in [-0.05, 0) is 13.8 Å². The van der Waals surface area contributed by atoms with Crippen LogP contribution in [0.1, 0.15) is 47.9 Å². The molecule has 0 aliphatic carbocycles. The quantitative estimate of drug-likeness (QED) is 0.816. The van der Waals surface area contributed by atoms with Gasteiger partial charge in [-0.25, -0.2) is 9.59 Å². The Labute approximate surface area is 121 Å². The largest absolute Gasteiger partial charge is 0.462 e. The Morgan fingerprint density at radius 1 is 1.10 bits per heavy atom. The Balaban J connectivity index is 3.15. The molecule has 0 spiro atoms. The third kappa shape index (κ3) is 3.80. The predicted molar refractivity (Wildman–Crippen MR) is 75.2 cm³/mol. The van der Waals surface area contributed by atoms with E-state index < -0.39 is 11.9 Å². The molecule has 7 heteroatoms. The van der Waals surface area contributed by atoms with Crippen molar-refractivity contribution in [3.63, 3.8) is 0 Å². The van der Waals surface area contributed by atoms with E-state index in [-0.39, 0.29) is 36.7 Å². The zero-order valence-corrected chi connectivity index (χ0v) is 12.5. The summed E-state index contributed by atoms with van der Waals surface area (Å²) in [6.07, 6.45) is 0.273. The maximum Gasteiger partial charge on any atom is 0.342 e. The number of anilines is 1. The van der Waals surface area contributed by atoms with Crippen LogP contribution in [0.2, 0.25) is 0 Å². The second-order valence-electron chi connectivity index (χ2n) is 3.70. The van der Waals surface area contributed by atoms with Crippen molar-refractivity contribution in [1.29, 1.82) is 0 Å². The molecule has 0 radical (unpaired) electrons. The third-order valence-electron chi connectivity index (χ3n) is 2.34. The maximum absolute atomic E-state index is 12.0. The van der Waals surface area contributed by atoms with Gasteiger partial charge < -0.3 is 14.8 Å². The molecule has 0 saturated carbocycles. The van der Waals surface area contributed by atoms with Crippen LogP contribution < -0.4 is 5.32 Å². The van der Waals surface area contributed by atoms with Crippen LogP contribution in [0.4, 0.5) is 5.00 Å². The van der Waals surface area contributed by atoms with Crippen molar-refractivity contribution in [2.24, 2.45) is 0 Å². The molecule has 6 nitrogen and oxygen atoms in total. The fourth-order valence-electron chi connectivity index (χ4n) is 1.43. The molecule has 1 heterocycles. The van der Waals surface area contributed by atoms with Gasteiger partial charge in [0.15, 0.2) is 0 Å². The molecule has 0 aromatic carbocycles. The summed E-state index contributed by atoms with van der Waals surface area (Å²) in [4.78, 5) is 35.2. The first-order valence-corrected chi connectivity index (χ1v) is 7.18. The lowest BCUT2D eigenvalue weighted by Gasteiger charge is -2.07. The van der Waals surface area contributed by atoms with E-state index in [1.165, 1.54) is 5.38 Å². The summed E-state index contributed by atoms with van der Waals surface area (Å²) in [7, 11) is 0. The number of nitrogens with one attached hydrogen (secondary N) is 1. The van der Waals surface area contributed by atoms with Crippen LogP contribution in [0.25, 0.3) is 0 Å². The Bertz CT molecular complexity index is 509. The molecule has 1 N–H and O–H groups in total.